The van der Waals surface area contributed by atoms with E-state index < -0.39 is 11.7 Å². The molecule has 6 heteroatoms. The third-order valence-corrected chi connectivity index (χ3v) is 2.98. The molecule has 0 aliphatic rings. The average Bonchev–Trinajstić information content (AvgIpc) is 2.34. The highest BCUT2D eigenvalue weighted by Gasteiger charge is 2.32. The van der Waals surface area contributed by atoms with E-state index in [0.717, 1.165) is 12.1 Å². The summed E-state index contributed by atoms with van der Waals surface area (Å²) < 4.78 is 39.1. The largest absolute Gasteiger partial charge is 0.416 e. The van der Waals surface area contributed by atoms with Gasteiger partial charge < -0.3 is 10.2 Å². The molecule has 0 amide bonds. The SMILES string of the molecule is CCNc1cc(C(F)(F)F)cc(N(CC(C)C)C(C)C)n1. The lowest BCUT2D eigenvalue weighted by Gasteiger charge is -2.30. The molecule has 1 aromatic heterocycles. The lowest BCUT2D eigenvalue weighted by molar-refractivity contribution is -0.137. The number of anilines is 2. The van der Waals surface area contributed by atoms with Crippen molar-refractivity contribution in [1.82, 2.24) is 4.98 Å². The number of pyridine rings is 1. The number of rotatable bonds is 6. The van der Waals surface area contributed by atoms with Crippen molar-refractivity contribution < 1.29 is 13.2 Å². The first-order valence-electron chi connectivity index (χ1n) is 7.25. The van der Waals surface area contributed by atoms with E-state index >= 15 is 0 Å². The fourth-order valence-corrected chi connectivity index (χ4v) is 2.06. The van der Waals surface area contributed by atoms with Crippen molar-refractivity contribution in [2.24, 2.45) is 5.92 Å². The van der Waals surface area contributed by atoms with Gasteiger partial charge in [-0.1, -0.05) is 13.8 Å². The molecule has 3 nitrogen and oxygen atoms in total. The molecular formula is C15H24F3N3. The van der Waals surface area contributed by atoms with Crippen molar-refractivity contribution in [3.63, 3.8) is 0 Å². The van der Waals surface area contributed by atoms with E-state index in [1.807, 2.05) is 39.5 Å². The van der Waals surface area contributed by atoms with E-state index in [9.17, 15) is 13.2 Å². The summed E-state index contributed by atoms with van der Waals surface area (Å²) in [5, 5.41) is 2.87. The summed E-state index contributed by atoms with van der Waals surface area (Å²) in [7, 11) is 0. The van der Waals surface area contributed by atoms with Crippen LogP contribution in [0.4, 0.5) is 24.8 Å². The van der Waals surface area contributed by atoms with Gasteiger partial charge in [0, 0.05) is 19.1 Å². The Balaban J connectivity index is 3.28. The Labute approximate surface area is 124 Å². The fraction of sp³-hybridized carbons (Fsp3) is 0.667. The van der Waals surface area contributed by atoms with Gasteiger partial charge in [0.05, 0.1) is 5.56 Å². The van der Waals surface area contributed by atoms with Crippen molar-refractivity contribution in [1.29, 1.82) is 0 Å². The predicted octanol–water partition coefficient (Wildman–Crippen LogP) is 4.40. The number of halogens is 3. The minimum Gasteiger partial charge on any atom is -0.370 e. The van der Waals surface area contributed by atoms with Crippen LogP contribution < -0.4 is 10.2 Å². The Hall–Kier alpha value is -1.46. The molecule has 1 N–H and O–H groups in total. The average molecular weight is 303 g/mol. The molecule has 1 heterocycles. The molecule has 0 unspecified atom stereocenters. The van der Waals surface area contributed by atoms with Crippen molar-refractivity contribution in [3.05, 3.63) is 17.7 Å². The van der Waals surface area contributed by atoms with Crippen LogP contribution >= 0.6 is 0 Å². The van der Waals surface area contributed by atoms with Crippen molar-refractivity contribution in [2.75, 3.05) is 23.3 Å². The molecule has 0 radical (unpaired) electrons. The van der Waals surface area contributed by atoms with E-state index in [1.165, 1.54) is 0 Å². The Bertz CT molecular complexity index is 456. The minimum absolute atomic E-state index is 0.0814. The van der Waals surface area contributed by atoms with Gasteiger partial charge in [-0.3, -0.25) is 0 Å². The van der Waals surface area contributed by atoms with Gasteiger partial charge in [-0.05, 0) is 38.8 Å². The van der Waals surface area contributed by atoms with Gasteiger partial charge in [-0.25, -0.2) is 4.98 Å². The lowest BCUT2D eigenvalue weighted by Crippen LogP contribution is -2.35. The van der Waals surface area contributed by atoms with E-state index in [1.54, 1.807) is 0 Å². The molecule has 0 bridgehead atoms. The van der Waals surface area contributed by atoms with Gasteiger partial charge in [-0.15, -0.1) is 0 Å². The van der Waals surface area contributed by atoms with E-state index in [2.05, 4.69) is 10.3 Å². The van der Waals surface area contributed by atoms with Gasteiger partial charge in [0.1, 0.15) is 11.6 Å². The first-order chi connectivity index (χ1) is 9.65. The monoisotopic (exact) mass is 303 g/mol. The summed E-state index contributed by atoms with van der Waals surface area (Å²) >= 11 is 0. The fourth-order valence-electron chi connectivity index (χ4n) is 2.06. The third kappa shape index (κ3) is 5.10. The minimum atomic E-state index is -4.37. The number of hydrogen-bond acceptors (Lipinski definition) is 3. The molecule has 0 aliphatic carbocycles. The van der Waals surface area contributed by atoms with Gasteiger partial charge >= 0.3 is 6.18 Å². The zero-order chi connectivity index (χ0) is 16.2. The maximum Gasteiger partial charge on any atom is 0.416 e. The van der Waals surface area contributed by atoms with E-state index in [0.29, 0.717) is 24.8 Å². The van der Waals surface area contributed by atoms with E-state index in [4.69, 9.17) is 0 Å². The highest BCUT2D eigenvalue weighted by atomic mass is 19.4. The van der Waals surface area contributed by atoms with E-state index in [-0.39, 0.29) is 11.9 Å². The number of alkyl halides is 3. The van der Waals surface area contributed by atoms with Crippen LogP contribution in [0.15, 0.2) is 12.1 Å². The summed E-state index contributed by atoms with van der Waals surface area (Å²) in [6, 6.07) is 2.27. The van der Waals surface area contributed by atoms with Gasteiger partial charge in [0.15, 0.2) is 0 Å². The van der Waals surface area contributed by atoms with Crippen LogP contribution in [0.3, 0.4) is 0 Å². The van der Waals surface area contributed by atoms with Crippen LogP contribution in [0.2, 0.25) is 0 Å². The van der Waals surface area contributed by atoms with Gasteiger partial charge in [-0.2, -0.15) is 13.2 Å². The molecule has 0 spiro atoms. The highest BCUT2D eigenvalue weighted by Crippen LogP contribution is 2.33. The Kier molecular flexibility index (Phi) is 5.87. The normalized spacial score (nSPS) is 12.1. The molecule has 0 aromatic carbocycles. The molecule has 1 rings (SSSR count). The van der Waals surface area contributed by atoms with Crippen molar-refractivity contribution in [3.8, 4) is 0 Å². The van der Waals surface area contributed by atoms with Crippen LogP contribution in [0.1, 0.15) is 40.2 Å². The van der Waals surface area contributed by atoms with Gasteiger partial charge in [0.2, 0.25) is 0 Å². The second kappa shape index (κ2) is 7.00. The smallest absolute Gasteiger partial charge is 0.370 e. The first-order valence-corrected chi connectivity index (χ1v) is 7.25. The summed E-state index contributed by atoms with van der Waals surface area (Å²) in [4.78, 5) is 6.23. The molecule has 0 saturated carbocycles. The quantitative estimate of drug-likeness (QED) is 0.844. The third-order valence-electron chi connectivity index (χ3n) is 2.98. The highest BCUT2D eigenvalue weighted by molar-refractivity contribution is 5.51. The van der Waals surface area contributed by atoms with Crippen molar-refractivity contribution >= 4 is 11.6 Å². The number of nitrogens with one attached hydrogen (secondary N) is 1. The standard InChI is InChI=1S/C15H24F3N3/c1-6-19-13-7-12(15(16,17)18)8-14(20-13)21(11(4)5)9-10(2)3/h7-8,10-11H,6,9H2,1-5H3,(H,19,20). The van der Waals surface area contributed by atoms with Crippen molar-refractivity contribution in [2.45, 2.75) is 46.8 Å². The Morgan fingerprint density at radius 2 is 1.81 bits per heavy atom. The summed E-state index contributed by atoms with van der Waals surface area (Å²) in [5.41, 5.74) is -0.669. The lowest BCUT2D eigenvalue weighted by atomic mass is 10.1. The Morgan fingerprint density at radius 3 is 2.24 bits per heavy atom. The summed E-state index contributed by atoms with van der Waals surface area (Å²) in [6.07, 6.45) is -4.37. The second-order valence-corrected chi connectivity index (χ2v) is 5.77. The zero-order valence-corrected chi connectivity index (χ0v) is 13.3. The summed E-state index contributed by atoms with van der Waals surface area (Å²) in [5.74, 6) is 0.965. The van der Waals surface area contributed by atoms with Crippen LogP contribution in [0, 0.1) is 5.92 Å². The molecular weight excluding hydrogens is 279 g/mol. The second-order valence-electron chi connectivity index (χ2n) is 5.77. The van der Waals surface area contributed by atoms with Crippen LogP contribution in [0.5, 0.6) is 0 Å². The molecule has 0 aliphatic heterocycles. The molecule has 1 aromatic rings. The zero-order valence-electron chi connectivity index (χ0n) is 13.3. The molecule has 0 saturated heterocycles. The molecule has 120 valence electrons. The maximum absolute atomic E-state index is 13.0. The predicted molar refractivity (Wildman–Crippen MR) is 80.7 cm³/mol. The number of hydrogen-bond donors (Lipinski definition) is 1. The number of aromatic nitrogens is 1. The first kappa shape index (κ1) is 17.6. The topological polar surface area (TPSA) is 28.2 Å². The Morgan fingerprint density at radius 1 is 1.19 bits per heavy atom. The number of nitrogens with zero attached hydrogens (tertiary/aromatic N) is 2. The van der Waals surface area contributed by atoms with Crippen LogP contribution in [0.25, 0.3) is 0 Å². The van der Waals surface area contributed by atoms with Crippen LogP contribution in [-0.2, 0) is 6.18 Å². The molecule has 21 heavy (non-hydrogen) atoms. The summed E-state index contributed by atoms with van der Waals surface area (Å²) in [6.45, 7) is 11.0. The van der Waals surface area contributed by atoms with Gasteiger partial charge in [0.25, 0.3) is 0 Å². The molecule has 0 fully saturated rings. The maximum atomic E-state index is 13.0. The molecule has 0 atom stereocenters. The van der Waals surface area contributed by atoms with Crippen LogP contribution in [-0.4, -0.2) is 24.1 Å².